The lowest BCUT2D eigenvalue weighted by Crippen LogP contribution is -2.43. The molecule has 0 spiro atoms. The van der Waals surface area contributed by atoms with Crippen LogP contribution in [0.15, 0.2) is 41.5 Å². The minimum atomic E-state index is -0.868. The molecule has 43 heavy (non-hydrogen) atoms. The molecule has 2 aromatic heterocycles. The number of ether oxygens (including phenoxy) is 1. The molecule has 1 amide bonds. The number of carbonyl (C=O) groups is 2. The van der Waals surface area contributed by atoms with E-state index in [9.17, 15) is 19.5 Å². The second-order valence-corrected chi connectivity index (χ2v) is 11.6. The van der Waals surface area contributed by atoms with Crippen LogP contribution in [0.25, 0.3) is 5.65 Å². The predicted octanol–water partition coefficient (Wildman–Crippen LogP) is 1.77. The predicted molar refractivity (Wildman–Crippen MR) is 156 cm³/mol. The van der Waals surface area contributed by atoms with E-state index in [4.69, 9.17) is 4.74 Å². The van der Waals surface area contributed by atoms with Gasteiger partial charge in [0.2, 0.25) is 0 Å². The zero-order valence-corrected chi connectivity index (χ0v) is 24.6. The molecule has 6 rings (SSSR count). The molecule has 13 nitrogen and oxygen atoms in total. The van der Waals surface area contributed by atoms with Crippen molar-refractivity contribution in [1.29, 1.82) is 0 Å². The number of likely N-dealkylation sites (N-methyl/N-ethyl adjacent to an activating group) is 1. The quantitative estimate of drug-likeness (QED) is 0.263. The van der Waals surface area contributed by atoms with Gasteiger partial charge in [0.1, 0.15) is 17.8 Å². The van der Waals surface area contributed by atoms with E-state index in [0.717, 1.165) is 52.9 Å². The van der Waals surface area contributed by atoms with Crippen molar-refractivity contribution in [3.05, 3.63) is 80.7 Å². The Morgan fingerprint density at radius 2 is 1.77 bits per heavy atom. The third-order valence-electron chi connectivity index (χ3n) is 8.16. The lowest BCUT2D eigenvalue weighted by atomic mass is 9.98. The molecule has 2 aliphatic rings. The lowest BCUT2D eigenvalue weighted by molar-refractivity contribution is 0.0728. The Hall–Kier alpha value is -4.62. The zero-order chi connectivity index (χ0) is 30.4. The Balaban J connectivity index is 1.20. The number of hydrogen-bond donors (Lipinski definition) is 1. The van der Waals surface area contributed by atoms with Crippen molar-refractivity contribution >= 4 is 17.5 Å². The Morgan fingerprint density at radius 3 is 2.51 bits per heavy atom. The van der Waals surface area contributed by atoms with Crippen LogP contribution in [0.4, 0.5) is 0 Å². The molecule has 2 aromatic carbocycles. The summed E-state index contributed by atoms with van der Waals surface area (Å²) in [5.74, 6) is -1.53. The number of benzene rings is 2. The number of aromatic hydroxyl groups is 1. The summed E-state index contributed by atoms with van der Waals surface area (Å²) in [6, 6.07) is 9.27. The molecule has 0 aliphatic carbocycles. The highest BCUT2D eigenvalue weighted by atomic mass is 16.5. The largest absolute Gasteiger partial charge is 0.507 e. The number of amides is 1. The number of carbonyl (C=O) groups excluding carboxylic acids is 2. The van der Waals surface area contributed by atoms with Gasteiger partial charge in [-0.2, -0.15) is 4.68 Å². The van der Waals surface area contributed by atoms with E-state index in [0.29, 0.717) is 18.7 Å². The van der Waals surface area contributed by atoms with Crippen molar-refractivity contribution in [2.24, 2.45) is 7.05 Å². The molecular formula is C30H34N8O5. The first-order valence-corrected chi connectivity index (χ1v) is 14.3. The third-order valence-corrected chi connectivity index (χ3v) is 8.16. The van der Waals surface area contributed by atoms with E-state index in [1.165, 1.54) is 25.0 Å². The first-order valence-electron chi connectivity index (χ1n) is 14.3. The molecule has 1 saturated heterocycles. The van der Waals surface area contributed by atoms with Crippen LogP contribution in [0.3, 0.4) is 0 Å². The highest BCUT2D eigenvalue weighted by molar-refractivity contribution is 5.98. The number of imidazole rings is 1. The summed E-state index contributed by atoms with van der Waals surface area (Å²) < 4.78 is 7.73. The summed E-state index contributed by atoms with van der Waals surface area (Å²) in [4.78, 5) is 49.5. The number of aryl methyl sites for hydroxylation is 1. The fourth-order valence-electron chi connectivity index (χ4n) is 5.59. The topological polar surface area (TPSA) is 138 Å². The van der Waals surface area contributed by atoms with Crippen LogP contribution in [-0.4, -0.2) is 89.3 Å². The highest BCUT2D eigenvalue weighted by Gasteiger charge is 2.29. The number of nitrogens with zero attached hydrogens (tertiary/aromatic N) is 8. The number of fused-ring (bicyclic) bond motifs is 2. The lowest BCUT2D eigenvalue weighted by Gasteiger charge is -2.32. The van der Waals surface area contributed by atoms with Gasteiger partial charge in [0.15, 0.2) is 11.3 Å². The van der Waals surface area contributed by atoms with Crippen molar-refractivity contribution in [2.75, 3.05) is 33.2 Å². The standard InChI is InChI=1S/C30H34N8O5/c1-18(2)22-12-23(24(39)13-25(22)43-29(41)26-27-32-33-35(4)30(42)38(27)17-31-26)28(40)37-15-20-6-5-19(11-21(20)16-37)14-36-9-7-34(3)8-10-36/h5-6,11-13,17-18,39H,7-10,14-16H2,1-4H3. The molecular weight excluding hydrogens is 552 g/mol. The Morgan fingerprint density at radius 1 is 1.02 bits per heavy atom. The maximum absolute atomic E-state index is 13.7. The van der Waals surface area contributed by atoms with Gasteiger partial charge in [0.05, 0.1) is 5.56 Å². The van der Waals surface area contributed by atoms with Crippen LogP contribution in [0.5, 0.6) is 11.5 Å². The van der Waals surface area contributed by atoms with Crippen LogP contribution < -0.4 is 10.4 Å². The Bertz CT molecular complexity index is 1790. The molecule has 0 saturated carbocycles. The summed E-state index contributed by atoms with van der Waals surface area (Å²) in [6.07, 6.45) is 1.18. The van der Waals surface area contributed by atoms with Crippen molar-refractivity contribution in [3.8, 4) is 11.5 Å². The summed E-state index contributed by atoms with van der Waals surface area (Å²) in [5, 5.41) is 18.5. The zero-order valence-electron chi connectivity index (χ0n) is 24.6. The number of hydrogen-bond acceptors (Lipinski definition) is 10. The molecule has 0 atom stereocenters. The van der Waals surface area contributed by atoms with Crippen LogP contribution in [-0.2, 0) is 26.7 Å². The summed E-state index contributed by atoms with van der Waals surface area (Å²) >= 11 is 0. The van der Waals surface area contributed by atoms with Gasteiger partial charge < -0.3 is 19.6 Å². The fraction of sp³-hybridized carbons (Fsp3) is 0.400. The number of piperazine rings is 1. The van der Waals surface area contributed by atoms with Crippen molar-refractivity contribution in [1.82, 2.24) is 39.1 Å². The molecule has 4 heterocycles. The van der Waals surface area contributed by atoms with E-state index in [1.54, 1.807) is 11.0 Å². The minimum absolute atomic E-state index is 0.0458. The van der Waals surface area contributed by atoms with E-state index in [1.807, 2.05) is 13.8 Å². The molecule has 1 fully saturated rings. The molecule has 13 heteroatoms. The van der Waals surface area contributed by atoms with Gasteiger partial charge in [0, 0.05) is 58.9 Å². The Labute approximate surface area is 247 Å². The van der Waals surface area contributed by atoms with Gasteiger partial charge in [-0.3, -0.25) is 9.69 Å². The SMILES string of the molecule is CC(C)c1cc(C(=O)N2Cc3ccc(CN4CCN(C)CC4)cc3C2)c(O)cc1OC(=O)c1ncn2c(=O)n(C)nnc12. The monoisotopic (exact) mass is 586 g/mol. The van der Waals surface area contributed by atoms with E-state index >= 15 is 0 Å². The molecule has 0 unspecified atom stereocenters. The second-order valence-electron chi connectivity index (χ2n) is 11.6. The highest BCUT2D eigenvalue weighted by Crippen LogP contribution is 2.36. The van der Waals surface area contributed by atoms with E-state index < -0.39 is 11.7 Å². The third kappa shape index (κ3) is 5.48. The summed E-state index contributed by atoms with van der Waals surface area (Å²) in [6.45, 7) is 9.76. The molecule has 0 radical (unpaired) electrons. The maximum atomic E-state index is 13.7. The molecule has 2 aliphatic heterocycles. The molecule has 0 bridgehead atoms. The van der Waals surface area contributed by atoms with E-state index in [2.05, 4.69) is 50.3 Å². The van der Waals surface area contributed by atoms with Crippen molar-refractivity contribution in [3.63, 3.8) is 0 Å². The van der Waals surface area contributed by atoms with Crippen molar-refractivity contribution in [2.45, 2.75) is 39.4 Å². The normalized spacial score (nSPS) is 15.8. The van der Waals surface area contributed by atoms with Crippen LogP contribution >= 0.6 is 0 Å². The minimum Gasteiger partial charge on any atom is -0.507 e. The average Bonchev–Trinajstić information content (AvgIpc) is 3.60. The number of phenols is 1. The average molecular weight is 587 g/mol. The van der Waals surface area contributed by atoms with Gasteiger partial charge in [0.25, 0.3) is 5.91 Å². The molecule has 224 valence electrons. The van der Waals surface area contributed by atoms with Gasteiger partial charge in [-0.1, -0.05) is 37.3 Å². The molecule has 1 N–H and O–H groups in total. The summed E-state index contributed by atoms with van der Waals surface area (Å²) in [7, 11) is 3.57. The number of esters is 1. The smallest absolute Gasteiger partial charge is 0.366 e. The maximum Gasteiger partial charge on any atom is 0.366 e. The van der Waals surface area contributed by atoms with Gasteiger partial charge in [-0.25, -0.2) is 19.0 Å². The number of rotatable bonds is 6. The second kappa shape index (κ2) is 11.2. The number of aromatic nitrogens is 5. The first-order chi connectivity index (χ1) is 20.6. The molecule has 4 aromatic rings. The Kier molecular flexibility index (Phi) is 7.44. The van der Waals surface area contributed by atoms with Crippen molar-refractivity contribution < 1.29 is 19.4 Å². The number of phenolic OH excluding ortho intramolecular Hbond substituents is 1. The van der Waals surface area contributed by atoms with Crippen LogP contribution in [0, 0.1) is 0 Å². The first kappa shape index (κ1) is 28.5. The van der Waals surface area contributed by atoms with Gasteiger partial charge in [-0.15, -0.1) is 5.10 Å². The summed E-state index contributed by atoms with van der Waals surface area (Å²) in [5.41, 5.74) is 3.37. The van der Waals surface area contributed by atoms with Crippen LogP contribution in [0.2, 0.25) is 0 Å². The van der Waals surface area contributed by atoms with Gasteiger partial charge in [-0.05, 0) is 41.3 Å². The fourth-order valence-corrected chi connectivity index (χ4v) is 5.59. The van der Waals surface area contributed by atoms with E-state index in [-0.39, 0.29) is 40.2 Å². The van der Waals surface area contributed by atoms with Crippen LogP contribution in [0.1, 0.15) is 62.9 Å². The van der Waals surface area contributed by atoms with Gasteiger partial charge >= 0.3 is 11.7 Å².